The van der Waals surface area contributed by atoms with Gasteiger partial charge in [0.05, 0.1) is 12.5 Å². The lowest BCUT2D eigenvalue weighted by molar-refractivity contribution is -0.143. The van der Waals surface area contributed by atoms with E-state index in [0.29, 0.717) is 31.8 Å². The summed E-state index contributed by atoms with van der Waals surface area (Å²) in [5.74, 6) is -0.525. The first-order chi connectivity index (χ1) is 6.24. The van der Waals surface area contributed by atoms with Crippen LogP contribution in [0.5, 0.6) is 0 Å². The fraction of sp³-hybridized carbons (Fsp3) is 0.778. The van der Waals surface area contributed by atoms with Crippen molar-refractivity contribution < 1.29 is 19.4 Å². The fourth-order valence-electron chi connectivity index (χ4n) is 1.75. The Hall–Kier alpha value is -1.06. The van der Waals surface area contributed by atoms with Crippen molar-refractivity contribution >= 4 is 12.4 Å². The van der Waals surface area contributed by atoms with Gasteiger partial charge in [-0.3, -0.25) is 9.59 Å². The summed E-state index contributed by atoms with van der Waals surface area (Å²) in [5, 5.41) is 8.71. The van der Waals surface area contributed by atoms with E-state index in [0.717, 1.165) is 12.8 Å². The number of carbonyl (C=O) groups is 2. The Kier molecular flexibility index (Phi) is 3.73. The van der Waals surface area contributed by atoms with Crippen molar-refractivity contribution in [2.24, 2.45) is 11.8 Å². The van der Waals surface area contributed by atoms with Crippen LogP contribution in [0.3, 0.4) is 0 Å². The molecule has 0 atom stereocenters. The molecule has 0 aromatic rings. The van der Waals surface area contributed by atoms with Crippen LogP contribution in [0.4, 0.5) is 0 Å². The molecule has 1 saturated carbocycles. The van der Waals surface area contributed by atoms with Crippen molar-refractivity contribution in [3.05, 3.63) is 0 Å². The summed E-state index contributed by atoms with van der Waals surface area (Å²) in [5.41, 5.74) is 0. The van der Waals surface area contributed by atoms with Crippen LogP contribution >= 0.6 is 0 Å². The lowest BCUT2D eigenvalue weighted by Gasteiger charge is -2.24. The lowest BCUT2D eigenvalue weighted by Crippen LogP contribution is -2.23. The predicted molar refractivity (Wildman–Crippen MR) is 45.1 cm³/mol. The Morgan fingerprint density at radius 2 is 2.00 bits per heavy atom. The van der Waals surface area contributed by atoms with Gasteiger partial charge in [-0.25, -0.2) is 0 Å². The number of ether oxygens (including phenoxy) is 1. The van der Waals surface area contributed by atoms with Crippen LogP contribution in [-0.4, -0.2) is 24.2 Å². The summed E-state index contributed by atoms with van der Waals surface area (Å²) in [6.07, 6.45) is 3.13. The smallest absolute Gasteiger partial charge is 0.306 e. The maximum atomic E-state index is 10.6. The minimum Gasteiger partial charge on any atom is -0.481 e. The lowest BCUT2D eigenvalue weighted by atomic mass is 9.82. The summed E-state index contributed by atoms with van der Waals surface area (Å²) in [4.78, 5) is 20.5. The first-order valence-corrected chi connectivity index (χ1v) is 4.52. The van der Waals surface area contributed by atoms with Crippen LogP contribution in [-0.2, 0) is 14.3 Å². The Morgan fingerprint density at radius 3 is 2.46 bits per heavy atom. The second kappa shape index (κ2) is 4.84. The number of carboxylic acids is 1. The molecule has 1 N–H and O–H groups in total. The van der Waals surface area contributed by atoms with E-state index in [1.54, 1.807) is 0 Å². The van der Waals surface area contributed by atoms with Gasteiger partial charge in [0.2, 0.25) is 0 Å². The van der Waals surface area contributed by atoms with E-state index in [-0.39, 0.29) is 5.92 Å². The van der Waals surface area contributed by atoms with Crippen LogP contribution in [0.25, 0.3) is 0 Å². The van der Waals surface area contributed by atoms with Gasteiger partial charge in [0, 0.05) is 0 Å². The van der Waals surface area contributed by atoms with Crippen molar-refractivity contribution in [3.63, 3.8) is 0 Å². The largest absolute Gasteiger partial charge is 0.481 e. The minimum absolute atomic E-state index is 0.188. The van der Waals surface area contributed by atoms with Gasteiger partial charge in [0.15, 0.2) is 0 Å². The molecule has 0 aromatic heterocycles. The Labute approximate surface area is 76.9 Å². The number of hydrogen-bond donors (Lipinski definition) is 1. The molecule has 1 rings (SSSR count). The number of hydrogen-bond acceptors (Lipinski definition) is 3. The monoisotopic (exact) mass is 186 g/mol. The van der Waals surface area contributed by atoms with Gasteiger partial charge in [-0.2, -0.15) is 0 Å². The van der Waals surface area contributed by atoms with Crippen molar-refractivity contribution in [1.82, 2.24) is 0 Å². The molecule has 13 heavy (non-hydrogen) atoms. The van der Waals surface area contributed by atoms with E-state index in [2.05, 4.69) is 4.74 Å². The molecule has 1 aliphatic rings. The normalized spacial score (nSPS) is 28.0. The van der Waals surface area contributed by atoms with Gasteiger partial charge in [0.1, 0.15) is 0 Å². The van der Waals surface area contributed by atoms with Crippen LogP contribution < -0.4 is 0 Å². The zero-order valence-corrected chi connectivity index (χ0v) is 7.44. The second-order valence-corrected chi connectivity index (χ2v) is 3.49. The van der Waals surface area contributed by atoms with E-state index in [9.17, 15) is 9.59 Å². The highest BCUT2D eigenvalue weighted by atomic mass is 16.5. The average molecular weight is 186 g/mol. The van der Waals surface area contributed by atoms with E-state index in [4.69, 9.17) is 5.11 Å². The summed E-state index contributed by atoms with van der Waals surface area (Å²) in [7, 11) is 0. The van der Waals surface area contributed by atoms with E-state index >= 15 is 0 Å². The molecule has 4 heteroatoms. The standard InChI is InChI=1S/C9H14O4/c10-6-13-5-7-1-3-8(4-2-7)9(11)12/h6-8H,1-5H2,(H,11,12). The highest BCUT2D eigenvalue weighted by Gasteiger charge is 2.25. The molecule has 1 fully saturated rings. The summed E-state index contributed by atoms with van der Waals surface area (Å²) in [6.45, 7) is 0.888. The van der Waals surface area contributed by atoms with Crippen LogP contribution in [0.15, 0.2) is 0 Å². The van der Waals surface area contributed by atoms with Crippen molar-refractivity contribution in [2.75, 3.05) is 6.61 Å². The van der Waals surface area contributed by atoms with E-state index < -0.39 is 5.97 Å². The quantitative estimate of drug-likeness (QED) is 0.666. The Balaban J connectivity index is 2.22. The molecule has 0 unspecified atom stereocenters. The zero-order valence-electron chi connectivity index (χ0n) is 7.44. The first-order valence-electron chi connectivity index (χ1n) is 4.52. The van der Waals surface area contributed by atoms with Gasteiger partial charge < -0.3 is 9.84 Å². The molecule has 0 amide bonds. The molecule has 0 aliphatic heterocycles. The number of rotatable bonds is 4. The highest BCUT2D eigenvalue weighted by molar-refractivity contribution is 5.69. The van der Waals surface area contributed by atoms with Gasteiger partial charge in [-0.1, -0.05) is 0 Å². The van der Waals surface area contributed by atoms with E-state index in [1.807, 2.05) is 0 Å². The van der Waals surface area contributed by atoms with E-state index in [1.165, 1.54) is 0 Å². The number of aliphatic carboxylic acids is 1. The summed E-state index contributed by atoms with van der Waals surface area (Å²) in [6, 6.07) is 0. The molecule has 0 bridgehead atoms. The van der Waals surface area contributed by atoms with Crippen molar-refractivity contribution in [3.8, 4) is 0 Å². The van der Waals surface area contributed by atoms with Crippen molar-refractivity contribution in [1.29, 1.82) is 0 Å². The van der Waals surface area contributed by atoms with Gasteiger partial charge >= 0.3 is 5.97 Å². The topological polar surface area (TPSA) is 63.6 Å². The highest BCUT2D eigenvalue weighted by Crippen LogP contribution is 2.28. The summed E-state index contributed by atoms with van der Waals surface area (Å²) >= 11 is 0. The fourth-order valence-corrected chi connectivity index (χ4v) is 1.75. The van der Waals surface area contributed by atoms with Gasteiger partial charge in [0.25, 0.3) is 6.47 Å². The molecule has 0 aromatic carbocycles. The third-order valence-electron chi connectivity index (χ3n) is 2.60. The third-order valence-corrected chi connectivity index (χ3v) is 2.60. The molecular formula is C9H14O4. The first kappa shape index (κ1) is 10.0. The maximum Gasteiger partial charge on any atom is 0.306 e. The molecular weight excluding hydrogens is 172 g/mol. The van der Waals surface area contributed by atoms with Gasteiger partial charge in [-0.05, 0) is 31.6 Å². The summed E-state index contributed by atoms with van der Waals surface area (Å²) < 4.78 is 4.64. The molecule has 0 spiro atoms. The second-order valence-electron chi connectivity index (χ2n) is 3.49. The van der Waals surface area contributed by atoms with Gasteiger partial charge in [-0.15, -0.1) is 0 Å². The molecule has 0 heterocycles. The third kappa shape index (κ3) is 3.05. The molecule has 0 radical (unpaired) electrons. The zero-order chi connectivity index (χ0) is 9.68. The Morgan fingerprint density at radius 1 is 1.38 bits per heavy atom. The molecule has 74 valence electrons. The van der Waals surface area contributed by atoms with Crippen LogP contribution in [0, 0.1) is 11.8 Å². The number of carboxylic acid groups (broad SMARTS) is 1. The maximum absolute atomic E-state index is 10.6. The van der Waals surface area contributed by atoms with Crippen molar-refractivity contribution in [2.45, 2.75) is 25.7 Å². The Bertz CT molecular complexity index is 182. The molecule has 0 saturated heterocycles. The SMILES string of the molecule is O=COCC1CCC(C(=O)O)CC1. The van der Waals surface area contributed by atoms with Crippen LogP contribution in [0.1, 0.15) is 25.7 Å². The average Bonchev–Trinajstić information content (AvgIpc) is 2.15. The minimum atomic E-state index is -0.699. The van der Waals surface area contributed by atoms with Crippen LogP contribution in [0.2, 0.25) is 0 Å². The predicted octanol–water partition coefficient (Wildman–Crippen LogP) is 1.05. The number of carbonyl (C=O) groups excluding carboxylic acids is 1. The molecule has 4 nitrogen and oxygen atoms in total. The molecule has 1 aliphatic carbocycles.